The van der Waals surface area contributed by atoms with Crippen LogP contribution in [0.1, 0.15) is 22.3 Å². The van der Waals surface area contributed by atoms with E-state index in [4.69, 9.17) is 14.2 Å². The molecule has 0 aliphatic carbocycles. The largest absolute Gasteiger partial charge is 0.376 e. The summed E-state index contributed by atoms with van der Waals surface area (Å²) >= 11 is 1.95. The van der Waals surface area contributed by atoms with Crippen LogP contribution in [0.4, 0.5) is 0 Å². The minimum Gasteiger partial charge on any atom is -0.376 e. The van der Waals surface area contributed by atoms with Crippen LogP contribution in [-0.2, 0) is 40.5 Å². The van der Waals surface area contributed by atoms with E-state index in [0.717, 1.165) is 6.42 Å². The first-order chi connectivity index (χ1) is 18.3. The number of benzene rings is 4. The van der Waals surface area contributed by atoms with Crippen LogP contribution in [0.5, 0.6) is 0 Å². The average molecular weight is 511 g/mol. The highest BCUT2D eigenvalue weighted by Gasteiger charge is 2.45. The fourth-order valence-corrected chi connectivity index (χ4v) is 6.44. The molecule has 4 heteroatoms. The van der Waals surface area contributed by atoms with Crippen LogP contribution in [-0.4, -0.2) is 29.3 Å². The van der Waals surface area contributed by atoms with Gasteiger partial charge in [0.15, 0.2) is 0 Å². The first kappa shape index (κ1) is 25.7. The molecule has 3 nitrogen and oxygen atoms in total. The van der Waals surface area contributed by atoms with Crippen LogP contribution in [0, 0.1) is 0 Å². The van der Waals surface area contributed by atoms with Crippen molar-refractivity contribution >= 4 is 11.8 Å². The van der Waals surface area contributed by atoms with Gasteiger partial charge in [0.05, 0.1) is 43.9 Å². The van der Waals surface area contributed by atoms with Crippen molar-refractivity contribution < 1.29 is 14.2 Å². The second-order valence-corrected chi connectivity index (χ2v) is 10.9. The molecule has 4 aromatic rings. The summed E-state index contributed by atoms with van der Waals surface area (Å²) in [6, 6.07) is 41.8. The van der Waals surface area contributed by atoms with Crippen molar-refractivity contribution in [2.45, 2.75) is 48.9 Å². The lowest BCUT2D eigenvalue weighted by Crippen LogP contribution is -2.39. The summed E-state index contributed by atoms with van der Waals surface area (Å²) < 4.78 is 19.6. The molecule has 0 bridgehead atoms. The van der Waals surface area contributed by atoms with Crippen molar-refractivity contribution in [2.24, 2.45) is 0 Å². The van der Waals surface area contributed by atoms with Crippen LogP contribution in [0.2, 0.25) is 0 Å². The van der Waals surface area contributed by atoms with Gasteiger partial charge >= 0.3 is 0 Å². The molecule has 0 radical (unpaired) electrons. The van der Waals surface area contributed by atoms with Gasteiger partial charge in [-0.1, -0.05) is 121 Å². The monoisotopic (exact) mass is 510 g/mol. The number of hydrogen-bond acceptors (Lipinski definition) is 4. The maximum atomic E-state index is 6.67. The number of thioether (sulfide) groups is 1. The molecule has 0 saturated carbocycles. The lowest BCUT2D eigenvalue weighted by Gasteiger charge is -2.27. The minimum absolute atomic E-state index is 0.0422. The van der Waals surface area contributed by atoms with Gasteiger partial charge in [-0.05, 0) is 28.7 Å². The molecule has 1 saturated heterocycles. The molecule has 0 spiro atoms. The molecule has 1 aliphatic heterocycles. The van der Waals surface area contributed by atoms with E-state index in [1.807, 2.05) is 30.0 Å². The molecule has 190 valence electrons. The molecule has 0 aromatic heterocycles. The van der Waals surface area contributed by atoms with Gasteiger partial charge in [0.1, 0.15) is 0 Å². The quantitative estimate of drug-likeness (QED) is 0.203. The van der Waals surface area contributed by atoms with Gasteiger partial charge in [-0.3, -0.25) is 0 Å². The SMILES string of the molecule is c1ccc(COC[C@@H]2S[C@@H](Cc3ccccc3)[C@@H](OCc3ccccc3)[C@@H]2OCc2ccccc2)cc1. The van der Waals surface area contributed by atoms with Gasteiger partial charge in [0, 0.05) is 5.25 Å². The van der Waals surface area contributed by atoms with Crippen molar-refractivity contribution in [2.75, 3.05) is 6.61 Å². The van der Waals surface area contributed by atoms with E-state index in [-0.39, 0.29) is 22.7 Å². The summed E-state index contributed by atoms with van der Waals surface area (Å²) in [7, 11) is 0. The van der Waals surface area contributed by atoms with E-state index in [1.165, 1.54) is 22.3 Å². The van der Waals surface area contributed by atoms with Crippen molar-refractivity contribution in [1.82, 2.24) is 0 Å². The second kappa shape index (κ2) is 13.6. The Balaban J connectivity index is 1.33. The Labute approximate surface area is 224 Å². The Morgan fingerprint density at radius 3 is 1.35 bits per heavy atom. The van der Waals surface area contributed by atoms with E-state index in [2.05, 4.69) is 103 Å². The fourth-order valence-electron chi connectivity index (χ4n) is 4.75. The Hall–Kier alpha value is -2.89. The third-order valence-corrected chi connectivity index (χ3v) is 8.19. The van der Waals surface area contributed by atoms with Crippen LogP contribution in [0.15, 0.2) is 121 Å². The maximum Gasteiger partial charge on any atom is 0.0993 e. The Kier molecular flexibility index (Phi) is 9.46. The van der Waals surface area contributed by atoms with Crippen LogP contribution in [0.3, 0.4) is 0 Å². The smallest absolute Gasteiger partial charge is 0.0993 e. The standard InChI is InChI=1S/C33H34O3S/c1-5-13-26(14-6-1)21-30-32(35-23-28-17-9-3-10-18-28)33(36-24-29-19-11-4-12-20-29)31(37-30)25-34-22-27-15-7-2-8-16-27/h1-20,30-33H,21-25H2/t30-,31-,32+,33+/m0/s1. The first-order valence-corrected chi connectivity index (χ1v) is 13.9. The molecule has 1 fully saturated rings. The Bertz CT molecular complexity index is 1170. The summed E-state index contributed by atoms with van der Waals surface area (Å²) in [5.41, 5.74) is 4.85. The van der Waals surface area contributed by atoms with Gasteiger partial charge in [-0.2, -0.15) is 0 Å². The zero-order chi connectivity index (χ0) is 25.1. The van der Waals surface area contributed by atoms with Crippen LogP contribution in [0.25, 0.3) is 0 Å². The van der Waals surface area contributed by atoms with E-state index in [1.54, 1.807) is 0 Å². The first-order valence-electron chi connectivity index (χ1n) is 13.0. The molecule has 37 heavy (non-hydrogen) atoms. The Morgan fingerprint density at radius 2 is 0.865 bits per heavy atom. The number of hydrogen-bond donors (Lipinski definition) is 0. The molecule has 4 atom stereocenters. The van der Waals surface area contributed by atoms with Gasteiger partial charge in [-0.15, -0.1) is 11.8 Å². The predicted octanol–water partition coefficient (Wildman–Crippen LogP) is 7.10. The van der Waals surface area contributed by atoms with E-state index >= 15 is 0 Å². The highest BCUT2D eigenvalue weighted by molar-refractivity contribution is 8.01. The molecule has 0 amide bonds. The van der Waals surface area contributed by atoms with E-state index < -0.39 is 0 Å². The van der Waals surface area contributed by atoms with Gasteiger partial charge < -0.3 is 14.2 Å². The molecule has 5 rings (SSSR count). The topological polar surface area (TPSA) is 27.7 Å². The van der Waals surface area contributed by atoms with Crippen molar-refractivity contribution in [3.63, 3.8) is 0 Å². The van der Waals surface area contributed by atoms with Gasteiger partial charge in [0.2, 0.25) is 0 Å². The molecule has 1 heterocycles. The summed E-state index contributed by atoms with van der Waals surface area (Å²) in [6.07, 6.45) is 0.823. The van der Waals surface area contributed by atoms with Gasteiger partial charge in [0.25, 0.3) is 0 Å². The summed E-state index contributed by atoms with van der Waals surface area (Å²) in [5.74, 6) is 0. The summed E-state index contributed by atoms with van der Waals surface area (Å²) in [6.45, 7) is 2.35. The molecular formula is C33H34O3S. The van der Waals surface area contributed by atoms with Crippen molar-refractivity contribution in [3.05, 3.63) is 144 Å². The van der Waals surface area contributed by atoms with Crippen LogP contribution < -0.4 is 0 Å². The van der Waals surface area contributed by atoms with Gasteiger partial charge in [-0.25, -0.2) is 0 Å². The lowest BCUT2D eigenvalue weighted by molar-refractivity contribution is -0.0854. The van der Waals surface area contributed by atoms with Crippen molar-refractivity contribution in [3.8, 4) is 0 Å². The molecule has 1 aliphatic rings. The third-order valence-electron chi connectivity index (χ3n) is 6.65. The van der Waals surface area contributed by atoms with E-state index in [0.29, 0.717) is 26.4 Å². The zero-order valence-electron chi connectivity index (χ0n) is 21.0. The summed E-state index contributed by atoms with van der Waals surface area (Å²) in [5, 5.41) is 0.458. The minimum atomic E-state index is -0.0709. The number of ether oxygens (including phenoxy) is 3. The van der Waals surface area contributed by atoms with Crippen LogP contribution >= 0.6 is 11.8 Å². The molecule has 0 unspecified atom stereocenters. The maximum absolute atomic E-state index is 6.67. The third kappa shape index (κ3) is 7.56. The van der Waals surface area contributed by atoms with E-state index in [9.17, 15) is 0 Å². The highest BCUT2D eigenvalue weighted by Crippen LogP contribution is 2.41. The second-order valence-electron chi connectivity index (χ2n) is 9.43. The molecule has 0 N–H and O–H groups in total. The highest BCUT2D eigenvalue weighted by atomic mass is 32.2. The molecule has 4 aromatic carbocycles. The number of rotatable bonds is 12. The Morgan fingerprint density at radius 1 is 0.459 bits per heavy atom. The fraction of sp³-hybridized carbons (Fsp3) is 0.273. The molecular weight excluding hydrogens is 476 g/mol. The summed E-state index contributed by atoms with van der Waals surface area (Å²) in [4.78, 5) is 0. The zero-order valence-corrected chi connectivity index (χ0v) is 21.8. The average Bonchev–Trinajstić information content (AvgIpc) is 3.28. The predicted molar refractivity (Wildman–Crippen MR) is 151 cm³/mol. The van der Waals surface area contributed by atoms with Crippen molar-refractivity contribution in [1.29, 1.82) is 0 Å². The lowest BCUT2D eigenvalue weighted by atomic mass is 10.0. The normalized spacial score (nSPS) is 21.2.